The highest BCUT2D eigenvalue weighted by Crippen LogP contribution is 2.17. The van der Waals surface area contributed by atoms with Crippen molar-refractivity contribution in [1.29, 1.82) is 5.26 Å². The molecule has 0 saturated carbocycles. The third kappa shape index (κ3) is 2.80. The van der Waals surface area contributed by atoms with Crippen LogP contribution in [0.4, 0.5) is 5.82 Å². The van der Waals surface area contributed by atoms with Gasteiger partial charge in [0.25, 0.3) is 0 Å². The van der Waals surface area contributed by atoms with E-state index in [9.17, 15) is 4.79 Å². The lowest BCUT2D eigenvalue weighted by Crippen LogP contribution is -2.20. The summed E-state index contributed by atoms with van der Waals surface area (Å²) in [5, 5.41) is 15.8. The smallest absolute Gasteiger partial charge is 0.242 e. The number of carbonyl (C=O) groups excluding carboxylic acids is 1. The van der Waals surface area contributed by atoms with Crippen LogP contribution in [0.5, 0.6) is 0 Å². The minimum atomic E-state index is -0.695. The summed E-state index contributed by atoms with van der Waals surface area (Å²) in [5.74, 6) is -0.463. The van der Waals surface area contributed by atoms with Crippen LogP contribution in [0.1, 0.15) is 12.6 Å². The molecule has 5 nitrogen and oxygen atoms in total. The van der Waals surface area contributed by atoms with Gasteiger partial charge in [0.2, 0.25) is 5.91 Å². The van der Waals surface area contributed by atoms with Crippen LogP contribution in [0.15, 0.2) is 36.4 Å². The Morgan fingerprint density at radius 1 is 1.42 bits per heavy atom. The zero-order chi connectivity index (χ0) is 13.8. The van der Waals surface area contributed by atoms with Crippen molar-refractivity contribution in [1.82, 2.24) is 9.78 Å². The molecule has 96 valence electrons. The van der Waals surface area contributed by atoms with E-state index >= 15 is 0 Å². The van der Waals surface area contributed by atoms with E-state index in [0.717, 1.165) is 11.4 Å². The van der Waals surface area contributed by atoms with Crippen molar-refractivity contribution in [2.45, 2.75) is 13.8 Å². The molecular formula is C14H14N4O. The Morgan fingerprint density at radius 3 is 2.74 bits per heavy atom. The summed E-state index contributed by atoms with van der Waals surface area (Å²) in [5.41, 5.74) is 1.65. The highest BCUT2D eigenvalue weighted by atomic mass is 16.1. The first-order valence-corrected chi connectivity index (χ1v) is 5.94. The molecule has 2 aromatic rings. The Kier molecular flexibility index (Phi) is 3.62. The molecule has 1 aromatic heterocycles. The van der Waals surface area contributed by atoms with Crippen LogP contribution in [0.2, 0.25) is 0 Å². The first-order chi connectivity index (χ1) is 9.11. The summed E-state index contributed by atoms with van der Waals surface area (Å²) in [6, 6.07) is 13.2. The molecule has 1 aromatic carbocycles. The van der Waals surface area contributed by atoms with Gasteiger partial charge in [-0.3, -0.25) is 4.79 Å². The van der Waals surface area contributed by atoms with Crippen LogP contribution >= 0.6 is 0 Å². The van der Waals surface area contributed by atoms with Gasteiger partial charge in [-0.15, -0.1) is 0 Å². The maximum absolute atomic E-state index is 11.8. The first kappa shape index (κ1) is 12.8. The second-order valence-corrected chi connectivity index (χ2v) is 4.26. The number of aromatic nitrogens is 2. The Hall–Kier alpha value is -2.61. The number of anilines is 1. The Morgan fingerprint density at radius 2 is 2.11 bits per heavy atom. The predicted molar refractivity (Wildman–Crippen MR) is 71.7 cm³/mol. The molecule has 0 bridgehead atoms. The number of aryl methyl sites for hydroxylation is 1. The number of benzene rings is 1. The molecule has 1 unspecified atom stereocenters. The number of hydrogen-bond donors (Lipinski definition) is 1. The molecule has 1 atom stereocenters. The van der Waals surface area contributed by atoms with Crippen molar-refractivity contribution >= 4 is 11.7 Å². The molecule has 0 aliphatic rings. The van der Waals surface area contributed by atoms with E-state index in [1.54, 1.807) is 17.7 Å². The van der Waals surface area contributed by atoms with Gasteiger partial charge in [0.1, 0.15) is 11.7 Å². The van der Waals surface area contributed by atoms with Crippen LogP contribution < -0.4 is 5.32 Å². The normalized spacial score (nSPS) is 11.6. The highest BCUT2D eigenvalue weighted by Gasteiger charge is 2.15. The second-order valence-electron chi connectivity index (χ2n) is 4.26. The topological polar surface area (TPSA) is 70.7 Å². The monoisotopic (exact) mass is 254 g/mol. The van der Waals surface area contributed by atoms with E-state index in [1.807, 2.05) is 43.3 Å². The van der Waals surface area contributed by atoms with Crippen LogP contribution in [0.25, 0.3) is 5.69 Å². The molecule has 5 heteroatoms. The zero-order valence-electron chi connectivity index (χ0n) is 10.8. The summed E-state index contributed by atoms with van der Waals surface area (Å²) in [7, 11) is 0. The lowest BCUT2D eigenvalue weighted by atomic mass is 10.2. The Balaban J connectivity index is 2.33. The maximum Gasteiger partial charge on any atom is 0.242 e. The summed E-state index contributed by atoms with van der Waals surface area (Å²) in [6.45, 7) is 3.41. The largest absolute Gasteiger partial charge is 0.309 e. The molecule has 0 saturated heterocycles. The van der Waals surface area contributed by atoms with Gasteiger partial charge < -0.3 is 5.32 Å². The van der Waals surface area contributed by atoms with E-state index in [-0.39, 0.29) is 5.91 Å². The van der Waals surface area contributed by atoms with E-state index in [0.29, 0.717) is 5.82 Å². The molecule has 1 N–H and O–H groups in total. The lowest BCUT2D eigenvalue weighted by molar-refractivity contribution is -0.117. The quantitative estimate of drug-likeness (QED) is 0.913. The fourth-order valence-electron chi connectivity index (χ4n) is 1.65. The van der Waals surface area contributed by atoms with Gasteiger partial charge >= 0.3 is 0 Å². The Bertz CT molecular complexity index is 625. The number of nitrogens with one attached hydrogen (secondary N) is 1. The fourth-order valence-corrected chi connectivity index (χ4v) is 1.65. The maximum atomic E-state index is 11.8. The number of amides is 1. The van der Waals surface area contributed by atoms with E-state index in [4.69, 9.17) is 5.26 Å². The highest BCUT2D eigenvalue weighted by molar-refractivity contribution is 5.93. The number of rotatable bonds is 3. The van der Waals surface area contributed by atoms with Crippen LogP contribution in [0, 0.1) is 24.2 Å². The number of nitriles is 1. The predicted octanol–water partition coefficient (Wildman–Crippen LogP) is 2.28. The molecule has 0 fully saturated rings. The number of para-hydroxylation sites is 1. The number of carbonyl (C=O) groups is 1. The van der Waals surface area contributed by atoms with Crippen molar-refractivity contribution in [2.24, 2.45) is 5.92 Å². The Labute approximate surface area is 111 Å². The summed E-state index contributed by atoms with van der Waals surface area (Å²) in [4.78, 5) is 11.8. The second kappa shape index (κ2) is 5.36. The molecule has 19 heavy (non-hydrogen) atoms. The van der Waals surface area contributed by atoms with Crippen molar-refractivity contribution in [3.8, 4) is 11.8 Å². The van der Waals surface area contributed by atoms with Crippen molar-refractivity contribution in [3.05, 3.63) is 42.1 Å². The van der Waals surface area contributed by atoms with Gasteiger partial charge in [-0.05, 0) is 26.0 Å². The molecule has 1 heterocycles. The van der Waals surface area contributed by atoms with E-state index < -0.39 is 5.92 Å². The molecule has 2 rings (SSSR count). The number of hydrogen-bond acceptors (Lipinski definition) is 3. The van der Waals surface area contributed by atoms with Gasteiger partial charge in [-0.1, -0.05) is 18.2 Å². The van der Waals surface area contributed by atoms with Gasteiger partial charge in [-0.2, -0.15) is 10.4 Å². The zero-order valence-corrected chi connectivity index (χ0v) is 10.8. The van der Waals surface area contributed by atoms with E-state index in [2.05, 4.69) is 10.4 Å². The average molecular weight is 254 g/mol. The third-order valence-corrected chi connectivity index (χ3v) is 2.67. The van der Waals surface area contributed by atoms with Gasteiger partial charge in [0.15, 0.2) is 0 Å². The molecule has 1 amide bonds. The minimum Gasteiger partial charge on any atom is -0.309 e. The van der Waals surface area contributed by atoms with Crippen molar-refractivity contribution < 1.29 is 4.79 Å². The minimum absolute atomic E-state index is 0.334. The van der Waals surface area contributed by atoms with Gasteiger partial charge in [0, 0.05) is 6.07 Å². The SMILES string of the molecule is Cc1cc(NC(=O)C(C)C#N)n(-c2ccccc2)n1. The molecule has 0 spiro atoms. The summed E-state index contributed by atoms with van der Waals surface area (Å²) < 4.78 is 1.65. The molecule has 0 aliphatic heterocycles. The van der Waals surface area contributed by atoms with Gasteiger partial charge in [-0.25, -0.2) is 4.68 Å². The van der Waals surface area contributed by atoms with E-state index in [1.165, 1.54) is 0 Å². The average Bonchev–Trinajstić information content (AvgIpc) is 2.79. The third-order valence-electron chi connectivity index (χ3n) is 2.67. The first-order valence-electron chi connectivity index (χ1n) is 5.94. The molecule has 0 aliphatic carbocycles. The van der Waals surface area contributed by atoms with Crippen LogP contribution in [-0.4, -0.2) is 15.7 Å². The standard InChI is InChI=1S/C14H14N4O/c1-10(9-15)14(19)16-13-8-11(2)17-18(13)12-6-4-3-5-7-12/h3-8,10H,1-2H3,(H,16,19). The van der Waals surface area contributed by atoms with Crippen molar-refractivity contribution in [2.75, 3.05) is 5.32 Å². The van der Waals surface area contributed by atoms with Gasteiger partial charge in [0.05, 0.1) is 17.5 Å². The molecular weight excluding hydrogens is 240 g/mol. The lowest BCUT2D eigenvalue weighted by Gasteiger charge is -2.09. The number of nitrogens with zero attached hydrogens (tertiary/aromatic N) is 3. The van der Waals surface area contributed by atoms with Crippen molar-refractivity contribution in [3.63, 3.8) is 0 Å². The fraction of sp³-hybridized carbons (Fsp3) is 0.214. The molecule has 0 radical (unpaired) electrons. The van der Waals surface area contributed by atoms with Crippen LogP contribution in [-0.2, 0) is 4.79 Å². The summed E-state index contributed by atoms with van der Waals surface area (Å²) >= 11 is 0. The summed E-state index contributed by atoms with van der Waals surface area (Å²) in [6.07, 6.45) is 0. The van der Waals surface area contributed by atoms with Crippen LogP contribution in [0.3, 0.4) is 0 Å².